The zero-order valence-corrected chi connectivity index (χ0v) is 10.6. The summed E-state index contributed by atoms with van der Waals surface area (Å²) < 4.78 is 5.85. The fraction of sp³-hybridized carbons (Fsp3) is 1.00. The van der Waals surface area contributed by atoms with Crippen molar-refractivity contribution < 1.29 is 4.74 Å². The summed E-state index contributed by atoms with van der Waals surface area (Å²) in [5.41, 5.74) is 0. The predicted molar refractivity (Wildman–Crippen MR) is 65.1 cm³/mol. The summed E-state index contributed by atoms with van der Waals surface area (Å²) in [7, 11) is 0. The summed E-state index contributed by atoms with van der Waals surface area (Å²) >= 11 is 0. The molecule has 90 valence electrons. The highest BCUT2D eigenvalue weighted by molar-refractivity contribution is 4.67. The lowest BCUT2D eigenvalue weighted by molar-refractivity contribution is 0.0291. The van der Waals surface area contributed by atoms with Gasteiger partial charge in [0.1, 0.15) is 0 Å². The lowest BCUT2D eigenvalue weighted by Gasteiger charge is -2.23. The molecule has 2 heteroatoms. The van der Waals surface area contributed by atoms with Crippen LogP contribution in [0.3, 0.4) is 0 Å². The van der Waals surface area contributed by atoms with Gasteiger partial charge in [-0.1, -0.05) is 33.1 Å². The molecule has 0 saturated heterocycles. The van der Waals surface area contributed by atoms with Gasteiger partial charge in [0.25, 0.3) is 0 Å². The minimum absolute atomic E-state index is 0.551. The molecule has 0 amide bonds. The Morgan fingerprint density at radius 2 is 1.80 bits per heavy atom. The normalized spacial score (nSPS) is 20.8. The van der Waals surface area contributed by atoms with Crippen LogP contribution in [0, 0.1) is 5.92 Å². The quantitative estimate of drug-likeness (QED) is 0.685. The maximum absolute atomic E-state index is 5.85. The van der Waals surface area contributed by atoms with Crippen LogP contribution in [-0.4, -0.2) is 25.3 Å². The molecule has 1 N–H and O–H groups in total. The summed E-state index contributed by atoms with van der Waals surface area (Å²) in [6.07, 6.45) is 7.23. The number of hydrogen-bond acceptors (Lipinski definition) is 2. The van der Waals surface area contributed by atoms with Crippen LogP contribution in [0.1, 0.15) is 52.9 Å². The van der Waals surface area contributed by atoms with E-state index < -0.39 is 0 Å². The van der Waals surface area contributed by atoms with E-state index in [4.69, 9.17) is 4.74 Å². The second-order valence-corrected chi connectivity index (χ2v) is 5.12. The standard InChI is InChI=1S/C13H27NO/c1-11(2)12(3)14-9-10-15-13-7-5-4-6-8-13/h11-14H,4-10H2,1-3H3. The van der Waals surface area contributed by atoms with E-state index in [1.54, 1.807) is 0 Å². The Hall–Kier alpha value is -0.0800. The van der Waals surface area contributed by atoms with Gasteiger partial charge in [0.15, 0.2) is 0 Å². The van der Waals surface area contributed by atoms with Gasteiger partial charge in [-0.15, -0.1) is 0 Å². The molecule has 1 saturated carbocycles. The van der Waals surface area contributed by atoms with E-state index in [1.807, 2.05) is 0 Å². The van der Waals surface area contributed by atoms with Crippen LogP contribution in [0.15, 0.2) is 0 Å². The van der Waals surface area contributed by atoms with Crippen molar-refractivity contribution in [3.63, 3.8) is 0 Å². The molecule has 0 aromatic heterocycles. The second-order valence-electron chi connectivity index (χ2n) is 5.12. The average molecular weight is 213 g/mol. The largest absolute Gasteiger partial charge is 0.377 e. The summed E-state index contributed by atoms with van der Waals surface area (Å²) in [6, 6.07) is 0.597. The van der Waals surface area contributed by atoms with Gasteiger partial charge in [0.05, 0.1) is 12.7 Å². The zero-order chi connectivity index (χ0) is 11.1. The van der Waals surface area contributed by atoms with Crippen LogP contribution < -0.4 is 5.32 Å². The molecule has 1 aliphatic carbocycles. The van der Waals surface area contributed by atoms with Gasteiger partial charge in [-0.3, -0.25) is 0 Å². The molecule has 0 aliphatic heterocycles. The van der Waals surface area contributed by atoms with Crippen molar-refractivity contribution in [2.45, 2.75) is 65.0 Å². The molecule has 2 nitrogen and oxygen atoms in total. The molecular weight excluding hydrogens is 186 g/mol. The highest BCUT2D eigenvalue weighted by atomic mass is 16.5. The summed E-state index contributed by atoms with van der Waals surface area (Å²) in [5.74, 6) is 0.708. The van der Waals surface area contributed by atoms with Crippen molar-refractivity contribution in [1.29, 1.82) is 0 Å². The molecule has 0 spiro atoms. The molecular formula is C13H27NO. The van der Waals surface area contributed by atoms with Crippen LogP contribution in [0.25, 0.3) is 0 Å². The van der Waals surface area contributed by atoms with E-state index in [0.717, 1.165) is 13.2 Å². The first-order chi connectivity index (χ1) is 7.20. The SMILES string of the molecule is CC(C)C(C)NCCOC1CCCCC1. The van der Waals surface area contributed by atoms with Crippen molar-refractivity contribution in [3.8, 4) is 0 Å². The Morgan fingerprint density at radius 3 is 2.40 bits per heavy atom. The minimum Gasteiger partial charge on any atom is -0.377 e. The van der Waals surface area contributed by atoms with Crippen LogP contribution in [0.4, 0.5) is 0 Å². The molecule has 1 atom stereocenters. The van der Waals surface area contributed by atoms with E-state index >= 15 is 0 Å². The Kier molecular flexibility index (Phi) is 6.26. The third-order valence-electron chi connectivity index (χ3n) is 3.47. The Morgan fingerprint density at radius 1 is 1.13 bits per heavy atom. The third kappa shape index (κ3) is 5.53. The van der Waals surface area contributed by atoms with E-state index in [9.17, 15) is 0 Å². The van der Waals surface area contributed by atoms with Crippen molar-refractivity contribution in [2.24, 2.45) is 5.92 Å². The topological polar surface area (TPSA) is 21.3 Å². The summed E-state index contributed by atoms with van der Waals surface area (Å²) in [5, 5.41) is 3.50. The van der Waals surface area contributed by atoms with E-state index in [0.29, 0.717) is 18.1 Å². The first-order valence-electron chi connectivity index (χ1n) is 6.55. The molecule has 1 unspecified atom stereocenters. The highest BCUT2D eigenvalue weighted by Gasteiger charge is 2.13. The lowest BCUT2D eigenvalue weighted by atomic mass is 9.98. The lowest BCUT2D eigenvalue weighted by Crippen LogP contribution is -2.34. The minimum atomic E-state index is 0.551. The van der Waals surface area contributed by atoms with Gasteiger partial charge in [-0.05, 0) is 25.7 Å². The second kappa shape index (κ2) is 7.24. The number of rotatable bonds is 6. The van der Waals surface area contributed by atoms with Gasteiger partial charge < -0.3 is 10.1 Å². The zero-order valence-electron chi connectivity index (χ0n) is 10.6. The van der Waals surface area contributed by atoms with Crippen molar-refractivity contribution in [3.05, 3.63) is 0 Å². The predicted octanol–water partition coefficient (Wildman–Crippen LogP) is 2.97. The molecule has 1 fully saturated rings. The highest BCUT2D eigenvalue weighted by Crippen LogP contribution is 2.19. The van der Waals surface area contributed by atoms with E-state index in [1.165, 1.54) is 32.1 Å². The van der Waals surface area contributed by atoms with Gasteiger partial charge in [0.2, 0.25) is 0 Å². The van der Waals surface area contributed by atoms with Gasteiger partial charge in [0, 0.05) is 12.6 Å². The van der Waals surface area contributed by atoms with E-state index in [-0.39, 0.29) is 0 Å². The van der Waals surface area contributed by atoms with Crippen molar-refractivity contribution >= 4 is 0 Å². The van der Waals surface area contributed by atoms with Crippen LogP contribution in [-0.2, 0) is 4.74 Å². The number of hydrogen-bond donors (Lipinski definition) is 1. The first-order valence-corrected chi connectivity index (χ1v) is 6.55. The maximum atomic E-state index is 5.85. The van der Waals surface area contributed by atoms with E-state index in [2.05, 4.69) is 26.1 Å². The van der Waals surface area contributed by atoms with Gasteiger partial charge in [-0.25, -0.2) is 0 Å². The number of ether oxygens (including phenoxy) is 1. The fourth-order valence-corrected chi connectivity index (χ4v) is 1.98. The van der Waals surface area contributed by atoms with Crippen molar-refractivity contribution in [1.82, 2.24) is 5.32 Å². The Labute approximate surface area is 94.8 Å². The molecule has 15 heavy (non-hydrogen) atoms. The molecule has 0 aromatic carbocycles. The van der Waals surface area contributed by atoms with Crippen LogP contribution in [0.5, 0.6) is 0 Å². The number of nitrogens with one attached hydrogen (secondary N) is 1. The molecule has 0 radical (unpaired) electrons. The molecule has 1 aliphatic rings. The first kappa shape index (κ1) is 13.0. The smallest absolute Gasteiger partial charge is 0.0594 e. The van der Waals surface area contributed by atoms with Gasteiger partial charge in [-0.2, -0.15) is 0 Å². The third-order valence-corrected chi connectivity index (χ3v) is 3.47. The molecule has 0 bridgehead atoms. The Bertz CT molecular complexity index is 153. The molecule has 0 heterocycles. The van der Waals surface area contributed by atoms with Crippen LogP contribution in [0.2, 0.25) is 0 Å². The van der Waals surface area contributed by atoms with Crippen LogP contribution >= 0.6 is 0 Å². The average Bonchev–Trinajstić information content (AvgIpc) is 2.25. The molecule has 0 aromatic rings. The summed E-state index contributed by atoms with van der Waals surface area (Å²) in [4.78, 5) is 0. The van der Waals surface area contributed by atoms with Crippen molar-refractivity contribution in [2.75, 3.05) is 13.2 Å². The van der Waals surface area contributed by atoms with Gasteiger partial charge >= 0.3 is 0 Å². The summed E-state index contributed by atoms with van der Waals surface area (Å²) in [6.45, 7) is 8.61. The fourth-order valence-electron chi connectivity index (χ4n) is 1.98. The monoisotopic (exact) mass is 213 g/mol. The molecule has 1 rings (SSSR count). The maximum Gasteiger partial charge on any atom is 0.0594 e. The Balaban J connectivity index is 1.96.